The van der Waals surface area contributed by atoms with E-state index >= 15 is 4.39 Å². The average molecular weight is 503 g/mol. The highest BCUT2D eigenvalue weighted by molar-refractivity contribution is 5.85. The predicted molar refractivity (Wildman–Crippen MR) is 161 cm³/mol. The molecular weight excluding hydrogens is 463 g/mol. The molecule has 0 fully saturated rings. The van der Waals surface area contributed by atoms with E-state index in [1.54, 1.807) is 0 Å². The molecule has 4 rings (SSSR count). The molecule has 1 heteroatoms. The normalized spacial score (nSPS) is 10.8. The molecule has 4 aromatic carbocycles. The van der Waals surface area contributed by atoms with Gasteiger partial charge in [0.05, 0.1) is 0 Å². The maximum Gasteiger partial charge on any atom is 0.134 e. The second kappa shape index (κ2) is 14.3. The van der Waals surface area contributed by atoms with Crippen LogP contribution in [0.4, 0.5) is 4.39 Å². The number of allylic oxidation sites excluding steroid dienone is 1. The third kappa shape index (κ3) is 7.93. The molecule has 0 amide bonds. The molecule has 0 heterocycles. The Hall–Kier alpha value is -3.63. The Kier molecular flexibility index (Phi) is 10.3. The van der Waals surface area contributed by atoms with Crippen LogP contribution in [0.2, 0.25) is 0 Å². The SMILES string of the molecule is C=CCCc1ccc(C#Cc2ccc3c(F)c(CCc4ccc(CCCCCCC)cc4)ccc3c2)cc1. The van der Waals surface area contributed by atoms with Gasteiger partial charge < -0.3 is 0 Å². The Morgan fingerprint density at radius 3 is 2.03 bits per heavy atom. The molecule has 0 nitrogen and oxygen atoms in total. The van der Waals surface area contributed by atoms with E-state index in [4.69, 9.17) is 0 Å². The van der Waals surface area contributed by atoms with E-state index in [9.17, 15) is 0 Å². The molecule has 0 aliphatic carbocycles. The van der Waals surface area contributed by atoms with Crippen molar-refractivity contribution in [2.24, 2.45) is 0 Å². The maximum absolute atomic E-state index is 15.3. The lowest BCUT2D eigenvalue weighted by Crippen LogP contribution is -1.96. The quantitative estimate of drug-likeness (QED) is 0.103. The molecule has 0 aromatic heterocycles. The molecule has 0 bridgehead atoms. The van der Waals surface area contributed by atoms with Gasteiger partial charge in [-0.2, -0.15) is 0 Å². The number of aryl methyl sites for hydroxylation is 4. The number of unbranched alkanes of at least 4 members (excludes halogenated alkanes) is 4. The van der Waals surface area contributed by atoms with Crippen LogP contribution in [0, 0.1) is 17.7 Å². The number of benzene rings is 4. The zero-order chi connectivity index (χ0) is 26.6. The monoisotopic (exact) mass is 502 g/mol. The number of hydrogen-bond donors (Lipinski definition) is 0. The summed E-state index contributed by atoms with van der Waals surface area (Å²) in [5, 5.41) is 1.55. The van der Waals surface area contributed by atoms with E-state index < -0.39 is 0 Å². The molecule has 0 aliphatic rings. The Labute approximate surface area is 228 Å². The molecule has 0 radical (unpaired) electrons. The topological polar surface area (TPSA) is 0 Å². The van der Waals surface area contributed by atoms with Crippen molar-refractivity contribution < 1.29 is 4.39 Å². The van der Waals surface area contributed by atoms with Gasteiger partial charge in [-0.25, -0.2) is 4.39 Å². The first-order valence-corrected chi connectivity index (χ1v) is 14.2. The molecule has 0 atom stereocenters. The van der Waals surface area contributed by atoms with Crippen molar-refractivity contribution in [2.45, 2.75) is 71.1 Å². The van der Waals surface area contributed by atoms with Crippen LogP contribution in [0.1, 0.15) is 78.8 Å². The van der Waals surface area contributed by atoms with Crippen molar-refractivity contribution in [1.29, 1.82) is 0 Å². The van der Waals surface area contributed by atoms with Crippen LogP contribution >= 0.6 is 0 Å². The van der Waals surface area contributed by atoms with Gasteiger partial charge in [-0.05, 0) is 90.4 Å². The minimum absolute atomic E-state index is 0.110. The summed E-state index contributed by atoms with van der Waals surface area (Å²) in [7, 11) is 0. The highest BCUT2D eigenvalue weighted by Crippen LogP contribution is 2.24. The molecule has 194 valence electrons. The van der Waals surface area contributed by atoms with E-state index in [1.165, 1.54) is 48.8 Å². The van der Waals surface area contributed by atoms with Crippen LogP contribution in [-0.4, -0.2) is 0 Å². The maximum atomic E-state index is 15.3. The van der Waals surface area contributed by atoms with Gasteiger partial charge in [-0.1, -0.05) is 105 Å². The minimum atomic E-state index is -0.110. The van der Waals surface area contributed by atoms with Crippen LogP contribution in [0.15, 0.2) is 91.5 Å². The summed E-state index contributed by atoms with van der Waals surface area (Å²) in [5.74, 6) is 6.36. The summed E-state index contributed by atoms with van der Waals surface area (Å²) in [5.41, 5.74) is 6.60. The van der Waals surface area contributed by atoms with Gasteiger partial charge in [0.2, 0.25) is 0 Å². The molecule has 0 saturated carbocycles. The first-order valence-electron chi connectivity index (χ1n) is 14.2. The molecule has 0 aliphatic heterocycles. The van der Waals surface area contributed by atoms with Crippen molar-refractivity contribution in [3.8, 4) is 11.8 Å². The van der Waals surface area contributed by atoms with Gasteiger partial charge >= 0.3 is 0 Å². The minimum Gasteiger partial charge on any atom is -0.206 e. The van der Waals surface area contributed by atoms with Gasteiger partial charge in [-0.3, -0.25) is 0 Å². The fourth-order valence-corrected chi connectivity index (χ4v) is 4.86. The number of hydrogen-bond acceptors (Lipinski definition) is 0. The standard InChI is InChI=1S/C37H39F/c1-3-5-7-8-9-11-30-14-18-32(19-15-30)22-24-34-25-26-35-28-33(23-27-36(35)37(34)38)21-20-31-16-12-29(13-17-31)10-6-4-2/h4,12-19,23,25-28H,2-3,5-11,22,24H2,1H3. The highest BCUT2D eigenvalue weighted by Gasteiger charge is 2.08. The van der Waals surface area contributed by atoms with Crippen LogP contribution in [0.3, 0.4) is 0 Å². The smallest absolute Gasteiger partial charge is 0.134 e. The van der Waals surface area contributed by atoms with Crippen molar-refractivity contribution in [3.63, 3.8) is 0 Å². The Balaban J connectivity index is 1.35. The van der Waals surface area contributed by atoms with Crippen molar-refractivity contribution in [3.05, 3.63) is 131 Å². The summed E-state index contributed by atoms with van der Waals surface area (Å²) in [6.45, 7) is 6.03. The largest absolute Gasteiger partial charge is 0.206 e. The van der Waals surface area contributed by atoms with Crippen LogP contribution < -0.4 is 0 Å². The molecular formula is C37H39F. The molecule has 0 N–H and O–H groups in total. The Bertz CT molecular complexity index is 1380. The van der Waals surface area contributed by atoms with Gasteiger partial charge in [0.15, 0.2) is 0 Å². The van der Waals surface area contributed by atoms with E-state index in [0.717, 1.165) is 47.8 Å². The van der Waals surface area contributed by atoms with E-state index in [2.05, 4.69) is 73.9 Å². The van der Waals surface area contributed by atoms with E-state index in [-0.39, 0.29) is 5.82 Å². The molecule has 4 aromatic rings. The summed E-state index contributed by atoms with van der Waals surface area (Å²) in [6.07, 6.45) is 13.2. The molecule has 0 spiro atoms. The fourth-order valence-electron chi connectivity index (χ4n) is 4.86. The molecule has 0 unspecified atom stereocenters. The molecule has 0 saturated heterocycles. The molecule has 38 heavy (non-hydrogen) atoms. The zero-order valence-electron chi connectivity index (χ0n) is 22.7. The highest BCUT2D eigenvalue weighted by atomic mass is 19.1. The lowest BCUT2D eigenvalue weighted by molar-refractivity contribution is 0.620. The fraction of sp³-hybridized carbons (Fsp3) is 0.297. The first kappa shape index (κ1) is 27.4. The van der Waals surface area contributed by atoms with Crippen molar-refractivity contribution >= 4 is 10.8 Å². The second-order valence-electron chi connectivity index (χ2n) is 10.2. The predicted octanol–water partition coefficient (Wildman–Crippen LogP) is 9.80. The summed E-state index contributed by atoms with van der Waals surface area (Å²) in [6, 6.07) is 27.0. The van der Waals surface area contributed by atoms with E-state index in [1.807, 2.05) is 36.4 Å². The Morgan fingerprint density at radius 2 is 1.29 bits per heavy atom. The average Bonchev–Trinajstić information content (AvgIpc) is 2.95. The number of fused-ring (bicyclic) bond motifs is 1. The van der Waals surface area contributed by atoms with Crippen LogP contribution in [-0.2, 0) is 25.7 Å². The third-order valence-electron chi connectivity index (χ3n) is 7.25. The Morgan fingerprint density at radius 1 is 0.658 bits per heavy atom. The lowest BCUT2D eigenvalue weighted by atomic mass is 9.98. The number of halogens is 1. The first-order chi connectivity index (χ1) is 18.7. The van der Waals surface area contributed by atoms with Crippen molar-refractivity contribution in [1.82, 2.24) is 0 Å². The summed E-state index contributed by atoms with van der Waals surface area (Å²) >= 11 is 0. The zero-order valence-corrected chi connectivity index (χ0v) is 22.7. The lowest BCUT2D eigenvalue weighted by Gasteiger charge is -2.08. The number of rotatable bonds is 12. The third-order valence-corrected chi connectivity index (χ3v) is 7.25. The van der Waals surface area contributed by atoms with Crippen molar-refractivity contribution in [2.75, 3.05) is 0 Å². The second-order valence-corrected chi connectivity index (χ2v) is 10.2. The van der Waals surface area contributed by atoms with Gasteiger partial charge in [0.25, 0.3) is 0 Å². The summed E-state index contributed by atoms with van der Waals surface area (Å²) in [4.78, 5) is 0. The summed E-state index contributed by atoms with van der Waals surface area (Å²) < 4.78 is 15.3. The van der Waals surface area contributed by atoms with Crippen LogP contribution in [0.25, 0.3) is 10.8 Å². The van der Waals surface area contributed by atoms with Gasteiger partial charge in [-0.15, -0.1) is 6.58 Å². The van der Waals surface area contributed by atoms with Crippen LogP contribution in [0.5, 0.6) is 0 Å². The van der Waals surface area contributed by atoms with Gasteiger partial charge in [0.1, 0.15) is 5.82 Å². The van der Waals surface area contributed by atoms with Gasteiger partial charge in [0, 0.05) is 16.5 Å². The van der Waals surface area contributed by atoms with E-state index in [0.29, 0.717) is 11.8 Å².